The number of hydrogen-bond acceptors (Lipinski definition) is 3. The molecule has 0 radical (unpaired) electrons. The van der Waals surface area contributed by atoms with Crippen LogP contribution in [0.3, 0.4) is 0 Å². The number of amides is 1. The smallest absolute Gasteiger partial charge is 0.222 e. The van der Waals surface area contributed by atoms with Crippen molar-refractivity contribution in [3.63, 3.8) is 0 Å². The summed E-state index contributed by atoms with van der Waals surface area (Å²) in [6.45, 7) is 0.131. The fourth-order valence-corrected chi connectivity index (χ4v) is 3.61. The monoisotopic (exact) mass is 360 g/mol. The van der Waals surface area contributed by atoms with Crippen LogP contribution in [0.25, 0.3) is 10.2 Å². The highest BCUT2D eigenvalue weighted by Crippen LogP contribution is 2.23. The van der Waals surface area contributed by atoms with Gasteiger partial charge in [0.15, 0.2) is 0 Å². The first kappa shape index (κ1) is 17.5. The average Bonchev–Trinajstić information content (AvgIpc) is 3.00. The van der Waals surface area contributed by atoms with Crippen LogP contribution in [0.4, 0.5) is 8.78 Å². The van der Waals surface area contributed by atoms with E-state index in [9.17, 15) is 13.6 Å². The zero-order valence-corrected chi connectivity index (χ0v) is 14.7. The lowest BCUT2D eigenvalue weighted by Gasteiger charge is -2.17. The summed E-state index contributed by atoms with van der Waals surface area (Å²) in [6, 6.07) is 11.4. The highest BCUT2D eigenvalue weighted by atomic mass is 32.1. The van der Waals surface area contributed by atoms with Crippen LogP contribution in [0.1, 0.15) is 23.4 Å². The maximum atomic E-state index is 13.7. The van der Waals surface area contributed by atoms with Crippen molar-refractivity contribution in [3.05, 3.63) is 64.7 Å². The molecule has 3 aromatic rings. The lowest BCUT2D eigenvalue weighted by molar-refractivity contribution is -0.130. The highest BCUT2D eigenvalue weighted by Gasteiger charge is 2.13. The van der Waals surface area contributed by atoms with Crippen LogP contribution in [0.15, 0.2) is 42.5 Å². The Balaban J connectivity index is 1.51. The number of para-hydroxylation sites is 1. The van der Waals surface area contributed by atoms with E-state index in [0.717, 1.165) is 27.7 Å². The van der Waals surface area contributed by atoms with Gasteiger partial charge in [-0.05, 0) is 31.0 Å². The molecule has 1 amide bonds. The molecular weight excluding hydrogens is 342 g/mol. The average molecular weight is 360 g/mol. The fraction of sp³-hybridized carbons (Fsp3) is 0.263. The zero-order chi connectivity index (χ0) is 17.8. The first-order valence-corrected chi connectivity index (χ1v) is 8.87. The summed E-state index contributed by atoms with van der Waals surface area (Å²) in [5.74, 6) is -1.31. The van der Waals surface area contributed by atoms with E-state index >= 15 is 0 Å². The third-order valence-corrected chi connectivity index (χ3v) is 5.06. The van der Waals surface area contributed by atoms with Crippen LogP contribution < -0.4 is 0 Å². The van der Waals surface area contributed by atoms with E-state index in [-0.39, 0.29) is 12.5 Å². The summed E-state index contributed by atoms with van der Waals surface area (Å²) in [4.78, 5) is 18.2. The molecule has 0 unspecified atom stereocenters. The minimum absolute atomic E-state index is 0.0650. The number of carbonyl (C=O) groups is 1. The van der Waals surface area contributed by atoms with Gasteiger partial charge in [0.2, 0.25) is 5.91 Å². The summed E-state index contributed by atoms with van der Waals surface area (Å²) < 4.78 is 27.7. The van der Waals surface area contributed by atoms with Crippen LogP contribution in [0, 0.1) is 11.6 Å². The zero-order valence-electron chi connectivity index (χ0n) is 13.8. The van der Waals surface area contributed by atoms with Gasteiger partial charge in [-0.2, -0.15) is 0 Å². The van der Waals surface area contributed by atoms with Gasteiger partial charge < -0.3 is 4.90 Å². The number of benzene rings is 2. The lowest BCUT2D eigenvalue weighted by atomic mass is 10.1. The van der Waals surface area contributed by atoms with Crippen molar-refractivity contribution in [2.24, 2.45) is 0 Å². The fourth-order valence-electron chi connectivity index (χ4n) is 2.60. The Morgan fingerprint density at radius 2 is 2.00 bits per heavy atom. The molecule has 0 bridgehead atoms. The minimum Gasteiger partial charge on any atom is -0.341 e. The van der Waals surface area contributed by atoms with Gasteiger partial charge in [0.25, 0.3) is 0 Å². The van der Waals surface area contributed by atoms with E-state index in [4.69, 9.17) is 0 Å². The van der Waals surface area contributed by atoms with Crippen LogP contribution >= 0.6 is 11.3 Å². The minimum atomic E-state index is -0.630. The standard InChI is InChI=1S/C19H18F2N2OS/c1-23(12-13-9-10-14(20)11-15(13)21)19(24)8-4-7-18-22-16-5-2-3-6-17(16)25-18/h2-3,5-6,9-11H,4,7-8,12H2,1H3. The number of rotatable bonds is 6. The van der Waals surface area contributed by atoms with E-state index in [1.807, 2.05) is 24.3 Å². The predicted molar refractivity (Wildman–Crippen MR) is 95.4 cm³/mol. The molecule has 0 N–H and O–H groups in total. The molecule has 0 saturated carbocycles. The Labute approximate surface area is 148 Å². The molecule has 0 aliphatic rings. The van der Waals surface area contributed by atoms with Crippen LogP contribution in [0.5, 0.6) is 0 Å². The number of carbonyl (C=O) groups excluding carboxylic acids is 1. The number of fused-ring (bicyclic) bond motifs is 1. The van der Waals surface area contributed by atoms with Crippen LogP contribution in [-0.4, -0.2) is 22.8 Å². The Hall–Kier alpha value is -2.34. The number of aryl methyl sites for hydroxylation is 1. The molecule has 6 heteroatoms. The first-order valence-electron chi connectivity index (χ1n) is 8.05. The van der Waals surface area contributed by atoms with E-state index in [0.29, 0.717) is 18.4 Å². The number of nitrogens with zero attached hydrogens (tertiary/aromatic N) is 2. The topological polar surface area (TPSA) is 33.2 Å². The Morgan fingerprint density at radius 1 is 1.20 bits per heavy atom. The quantitative estimate of drug-likeness (QED) is 0.646. The molecule has 3 rings (SSSR count). The molecule has 2 aromatic carbocycles. The first-order chi connectivity index (χ1) is 12.0. The van der Waals surface area contributed by atoms with Crippen molar-refractivity contribution in [1.29, 1.82) is 0 Å². The van der Waals surface area contributed by atoms with Crippen LogP contribution in [-0.2, 0) is 17.8 Å². The third kappa shape index (κ3) is 4.39. The van der Waals surface area contributed by atoms with Gasteiger partial charge in [-0.1, -0.05) is 18.2 Å². The predicted octanol–water partition coefficient (Wildman–Crippen LogP) is 4.56. The molecule has 0 aliphatic carbocycles. The van der Waals surface area contributed by atoms with Crippen molar-refractivity contribution in [2.45, 2.75) is 25.8 Å². The maximum Gasteiger partial charge on any atom is 0.222 e. The molecule has 25 heavy (non-hydrogen) atoms. The Kier molecular flexibility index (Phi) is 5.38. The third-order valence-electron chi connectivity index (χ3n) is 3.97. The van der Waals surface area contributed by atoms with Crippen molar-refractivity contribution in [3.8, 4) is 0 Å². The normalized spacial score (nSPS) is 11.0. The maximum absolute atomic E-state index is 13.7. The van der Waals surface area contributed by atoms with E-state index in [1.54, 1.807) is 18.4 Å². The number of thiazole rings is 1. The SMILES string of the molecule is CN(Cc1ccc(F)cc1F)C(=O)CCCc1nc2ccccc2s1. The van der Waals surface area contributed by atoms with Crippen molar-refractivity contribution >= 4 is 27.5 Å². The highest BCUT2D eigenvalue weighted by molar-refractivity contribution is 7.18. The van der Waals surface area contributed by atoms with Gasteiger partial charge in [-0.15, -0.1) is 11.3 Å². The number of aromatic nitrogens is 1. The summed E-state index contributed by atoms with van der Waals surface area (Å²) in [7, 11) is 1.63. The Bertz CT molecular complexity index is 861. The number of halogens is 2. The molecule has 1 aromatic heterocycles. The lowest BCUT2D eigenvalue weighted by Crippen LogP contribution is -2.26. The van der Waals surface area contributed by atoms with Crippen molar-refractivity contribution < 1.29 is 13.6 Å². The summed E-state index contributed by atoms with van der Waals surface area (Å²) in [5, 5.41) is 1.02. The second-order valence-corrected chi connectivity index (χ2v) is 7.03. The van der Waals surface area contributed by atoms with E-state index in [1.165, 1.54) is 17.0 Å². The molecular formula is C19H18F2N2OS. The molecule has 0 aliphatic heterocycles. The van der Waals surface area contributed by atoms with Gasteiger partial charge >= 0.3 is 0 Å². The van der Waals surface area contributed by atoms with Gasteiger partial charge in [-0.3, -0.25) is 4.79 Å². The van der Waals surface area contributed by atoms with Crippen molar-refractivity contribution in [1.82, 2.24) is 9.88 Å². The summed E-state index contributed by atoms with van der Waals surface area (Å²) >= 11 is 1.64. The van der Waals surface area contributed by atoms with Crippen LogP contribution in [0.2, 0.25) is 0 Å². The van der Waals surface area contributed by atoms with E-state index in [2.05, 4.69) is 4.98 Å². The van der Waals surface area contributed by atoms with Crippen molar-refractivity contribution in [2.75, 3.05) is 7.05 Å². The van der Waals surface area contributed by atoms with Gasteiger partial charge in [0, 0.05) is 31.6 Å². The largest absolute Gasteiger partial charge is 0.341 e. The van der Waals surface area contributed by atoms with Gasteiger partial charge in [0.05, 0.1) is 15.2 Å². The van der Waals surface area contributed by atoms with E-state index < -0.39 is 11.6 Å². The van der Waals surface area contributed by atoms with Gasteiger partial charge in [0.1, 0.15) is 11.6 Å². The molecule has 0 atom stereocenters. The molecule has 0 spiro atoms. The molecule has 3 nitrogen and oxygen atoms in total. The molecule has 0 saturated heterocycles. The second-order valence-electron chi connectivity index (χ2n) is 5.91. The molecule has 0 fully saturated rings. The van der Waals surface area contributed by atoms with Gasteiger partial charge in [-0.25, -0.2) is 13.8 Å². The summed E-state index contributed by atoms with van der Waals surface area (Å²) in [5.41, 5.74) is 1.29. The molecule has 1 heterocycles. The second kappa shape index (κ2) is 7.70. The summed E-state index contributed by atoms with van der Waals surface area (Å²) in [6.07, 6.45) is 1.80. The molecule has 130 valence electrons. The Morgan fingerprint density at radius 3 is 2.76 bits per heavy atom. The number of hydrogen-bond donors (Lipinski definition) is 0.